The smallest absolute Gasteiger partial charge is 0.419 e. The summed E-state index contributed by atoms with van der Waals surface area (Å²) in [6.45, 7) is 3.66. The molecule has 1 N–H and O–H groups in total. The van der Waals surface area contributed by atoms with Crippen molar-refractivity contribution in [1.29, 1.82) is 0 Å². The molecule has 154 valence electrons. The van der Waals surface area contributed by atoms with Crippen molar-refractivity contribution in [1.82, 2.24) is 9.99 Å². The first kappa shape index (κ1) is 21.9. The standard InChI is InChI=1S/C17H19ClF3N3O4/c1-3-8-28-13(25)7-4-10-9(2)15(26)24(16(10)27)23-12-6-5-11(14(18)22-12)17(19,20)21/h5-6,9-10H,3-4,7-8H2,1-2H3,(H,22,23). The number of hydrazine groups is 1. The van der Waals surface area contributed by atoms with Gasteiger partial charge in [0, 0.05) is 12.3 Å². The molecule has 1 saturated heterocycles. The highest BCUT2D eigenvalue weighted by Gasteiger charge is 2.45. The lowest BCUT2D eigenvalue weighted by Gasteiger charge is -2.17. The minimum Gasteiger partial charge on any atom is -0.466 e. The van der Waals surface area contributed by atoms with Gasteiger partial charge in [-0.3, -0.25) is 19.8 Å². The summed E-state index contributed by atoms with van der Waals surface area (Å²) in [5.74, 6) is -3.27. The van der Waals surface area contributed by atoms with Gasteiger partial charge in [-0.15, -0.1) is 0 Å². The van der Waals surface area contributed by atoms with E-state index in [2.05, 4.69) is 10.4 Å². The van der Waals surface area contributed by atoms with Gasteiger partial charge in [-0.1, -0.05) is 25.4 Å². The van der Waals surface area contributed by atoms with Crippen molar-refractivity contribution < 1.29 is 32.3 Å². The number of nitrogens with zero attached hydrogens (tertiary/aromatic N) is 2. The number of rotatable bonds is 7. The van der Waals surface area contributed by atoms with Crippen LogP contribution in [0.4, 0.5) is 19.0 Å². The monoisotopic (exact) mass is 421 g/mol. The third-order valence-electron chi connectivity index (χ3n) is 4.26. The van der Waals surface area contributed by atoms with Crippen LogP contribution in [0, 0.1) is 11.8 Å². The number of halogens is 4. The van der Waals surface area contributed by atoms with E-state index in [4.69, 9.17) is 16.3 Å². The third-order valence-corrected chi connectivity index (χ3v) is 4.55. The topological polar surface area (TPSA) is 88.6 Å². The van der Waals surface area contributed by atoms with Crippen LogP contribution in [0.3, 0.4) is 0 Å². The summed E-state index contributed by atoms with van der Waals surface area (Å²) in [6, 6.07) is 1.67. The quantitative estimate of drug-likeness (QED) is 0.412. The molecule has 1 aliphatic heterocycles. The number of carbonyl (C=O) groups is 3. The van der Waals surface area contributed by atoms with Crippen LogP contribution in [0.25, 0.3) is 0 Å². The summed E-state index contributed by atoms with van der Waals surface area (Å²) in [4.78, 5) is 40.0. The van der Waals surface area contributed by atoms with Crippen LogP contribution in [0.15, 0.2) is 12.1 Å². The Bertz CT molecular complexity index is 773. The normalized spacial score (nSPS) is 19.9. The van der Waals surface area contributed by atoms with Crippen LogP contribution < -0.4 is 5.43 Å². The maximum absolute atomic E-state index is 12.7. The number of amides is 2. The molecule has 0 bridgehead atoms. The second-order valence-corrected chi connectivity index (χ2v) is 6.67. The van der Waals surface area contributed by atoms with Crippen LogP contribution >= 0.6 is 11.6 Å². The summed E-state index contributed by atoms with van der Waals surface area (Å²) in [6.07, 6.45) is -3.91. The number of ether oxygens (including phenoxy) is 1. The van der Waals surface area contributed by atoms with Crippen molar-refractivity contribution in [3.8, 4) is 0 Å². The predicted octanol–water partition coefficient (Wildman–Crippen LogP) is 3.44. The SMILES string of the molecule is CCCOC(=O)CCC1C(=O)N(Nc2ccc(C(F)(F)F)c(Cl)n2)C(=O)C1C. The molecule has 11 heteroatoms. The minimum atomic E-state index is -4.67. The average molecular weight is 422 g/mol. The van der Waals surface area contributed by atoms with Gasteiger partial charge in [0.25, 0.3) is 11.8 Å². The van der Waals surface area contributed by atoms with Gasteiger partial charge in [0.1, 0.15) is 11.0 Å². The zero-order chi connectivity index (χ0) is 21.1. The highest BCUT2D eigenvalue weighted by Crippen LogP contribution is 2.35. The molecule has 2 unspecified atom stereocenters. The number of anilines is 1. The lowest BCUT2D eigenvalue weighted by molar-refractivity contribution is -0.144. The average Bonchev–Trinajstić information content (AvgIpc) is 2.80. The molecule has 28 heavy (non-hydrogen) atoms. The fourth-order valence-corrected chi connectivity index (χ4v) is 2.99. The fourth-order valence-electron chi connectivity index (χ4n) is 2.73. The van der Waals surface area contributed by atoms with Crippen molar-refractivity contribution >= 4 is 35.2 Å². The zero-order valence-corrected chi connectivity index (χ0v) is 15.9. The fraction of sp³-hybridized carbons (Fsp3) is 0.529. The van der Waals surface area contributed by atoms with Gasteiger partial charge < -0.3 is 4.74 Å². The van der Waals surface area contributed by atoms with Crippen LogP contribution in [0.2, 0.25) is 5.15 Å². The van der Waals surface area contributed by atoms with Crippen molar-refractivity contribution in [3.05, 3.63) is 22.8 Å². The second-order valence-electron chi connectivity index (χ2n) is 6.31. The van der Waals surface area contributed by atoms with E-state index >= 15 is 0 Å². The van der Waals surface area contributed by atoms with E-state index in [1.165, 1.54) is 6.92 Å². The Morgan fingerprint density at radius 2 is 2.00 bits per heavy atom. The van der Waals surface area contributed by atoms with Gasteiger partial charge in [-0.2, -0.15) is 18.2 Å². The first-order valence-electron chi connectivity index (χ1n) is 8.60. The number of carbonyl (C=O) groups excluding carboxylic acids is 3. The Labute approximate surface area is 164 Å². The van der Waals surface area contributed by atoms with Crippen molar-refractivity contribution in [2.24, 2.45) is 11.8 Å². The minimum absolute atomic E-state index is 0.0216. The molecule has 1 aromatic rings. The first-order chi connectivity index (χ1) is 13.1. The van der Waals surface area contributed by atoms with E-state index in [-0.39, 0.29) is 25.3 Å². The highest BCUT2D eigenvalue weighted by atomic mass is 35.5. The number of aromatic nitrogens is 1. The maximum Gasteiger partial charge on any atom is 0.419 e. The van der Waals surface area contributed by atoms with Crippen LogP contribution in [-0.4, -0.2) is 34.4 Å². The van der Waals surface area contributed by atoms with Gasteiger partial charge in [-0.25, -0.2) is 4.98 Å². The molecule has 2 atom stereocenters. The zero-order valence-electron chi connectivity index (χ0n) is 15.2. The van der Waals surface area contributed by atoms with E-state index in [1.54, 1.807) is 0 Å². The molecule has 0 aliphatic carbocycles. The van der Waals surface area contributed by atoms with Crippen LogP contribution in [0.5, 0.6) is 0 Å². The summed E-state index contributed by atoms with van der Waals surface area (Å²) in [7, 11) is 0. The number of nitrogens with one attached hydrogen (secondary N) is 1. The number of alkyl halides is 3. The molecule has 2 heterocycles. The van der Waals surface area contributed by atoms with Gasteiger partial charge in [0.15, 0.2) is 0 Å². The highest BCUT2D eigenvalue weighted by molar-refractivity contribution is 6.30. The van der Waals surface area contributed by atoms with Gasteiger partial charge in [0.2, 0.25) is 0 Å². The number of pyridine rings is 1. The van der Waals surface area contributed by atoms with Crippen molar-refractivity contribution in [2.45, 2.75) is 39.3 Å². The molecule has 1 aliphatic rings. The van der Waals surface area contributed by atoms with E-state index in [0.717, 1.165) is 6.07 Å². The molecular formula is C17H19ClF3N3O4. The molecule has 2 amide bonds. The van der Waals surface area contributed by atoms with Crippen molar-refractivity contribution in [3.63, 3.8) is 0 Å². The Morgan fingerprint density at radius 1 is 1.32 bits per heavy atom. The summed E-state index contributed by atoms with van der Waals surface area (Å²) >= 11 is 5.54. The second kappa shape index (κ2) is 8.76. The number of hydrogen-bond donors (Lipinski definition) is 1. The summed E-state index contributed by atoms with van der Waals surface area (Å²) in [5.41, 5.74) is 1.27. The van der Waals surface area contributed by atoms with E-state index in [1.807, 2.05) is 6.92 Å². The van der Waals surface area contributed by atoms with E-state index in [9.17, 15) is 27.6 Å². The Balaban J connectivity index is 2.06. The molecule has 0 aromatic carbocycles. The Hall–Kier alpha value is -2.36. The Morgan fingerprint density at radius 3 is 2.57 bits per heavy atom. The van der Waals surface area contributed by atoms with Gasteiger partial charge in [-0.05, 0) is 25.0 Å². The molecular weight excluding hydrogens is 403 g/mol. The molecule has 1 aromatic heterocycles. The summed E-state index contributed by atoms with van der Waals surface area (Å²) < 4.78 is 43.2. The van der Waals surface area contributed by atoms with Gasteiger partial charge >= 0.3 is 12.1 Å². The molecule has 2 rings (SSSR count). The molecule has 7 nitrogen and oxygen atoms in total. The largest absolute Gasteiger partial charge is 0.466 e. The van der Waals surface area contributed by atoms with Crippen LogP contribution in [-0.2, 0) is 25.3 Å². The molecule has 0 spiro atoms. The summed E-state index contributed by atoms with van der Waals surface area (Å²) in [5, 5.41) is -0.113. The van der Waals surface area contributed by atoms with E-state index in [0.29, 0.717) is 17.5 Å². The number of esters is 1. The molecule has 1 fully saturated rings. The lowest BCUT2D eigenvalue weighted by atomic mass is 9.92. The first-order valence-corrected chi connectivity index (χ1v) is 8.97. The third kappa shape index (κ3) is 4.92. The number of imide groups is 1. The number of hydrogen-bond acceptors (Lipinski definition) is 6. The van der Waals surface area contributed by atoms with E-state index < -0.39 is 46.5 Å². The van der Waals surface area contributed by atoms with Gasteiger partial charge in [0.05, 0.1) is 18.1 Å². The van der Waals surface area contributed by atoms with Crippen molar-refractivity contribution in [2.75, 3.05) is 12.0 Å². The maximum atomic E-state index is 12.7. The molecule has 0 saturated carbocycles. The Kier molecular flexibility index (Phi) is 6.87. The lowest BCUT2D eigenvalue weighted by Crippen LogP contribution is -2.37. The van der Waals surface area contributed by atoms with Crippen LogP contribution in [0.1, 0.15) is 38.7 Å². The molecule has 0 radical (unpaired) electrons. The predicted molar refractivity (Wildman–Crippen MR) is 92.9 cm³/mol.